The predicted octanol–water partition coefficient (Wildman–Crippen LogP) is 0.756. The molecule has 0 aliphatic carbocycles. The molecule has 5 heteroatoms. The summed E-state index contributed by atoms with van der Waals surface area (Å²) in [6, 6.07) is 8.44. The fraction of sp³-hybridized carbons (Fsp3) is 0.100. The molecule has 0 saturated heterocycles. The topological polar surface area (TPSA) is 73.0 Å². The van der Waals surface area contributed by atoms with E-state index < -0.39 is 0 Å². The lowest BCUT2D eigenvalue weighted by Gasteiger charge is -2.03. The number of aromatic amines is 1. The Balaban J connectivity index is 2.45. The first-order valence-electron chi connectivity index (χ1n) is 4.42. The number of rotatable bonds is 2. The first-order valence-corrected chi connectivity index (χ1v) is 4.42. The minimum absolute atomic E-state index is 0.183. The van der Waals surface area contributed by atoms with Gasteiger partial charge in [0.05, 0.1) is 12.8 Å². The van der Waals surface area contributed by atoms with Crippen molar-refractivity contribution in [1.29, 1.82) is 0 Å². The van der Waals surface area contributed by atoms with Crippen LogP contribution in [-0.4, -0.2) is 16.9 Å². The lowest BCUT2D eigenvalue weighted by Crippen LogP contribution is -2.13. The molecule has 0 unspecified atom stereocenters. The molecule has 2 aromatic rings. The minimum Gasteiger partial charge on any atom is -0.497 e. The molecule has 0 amide bonds. The second kappa shape index (κ2) is 3.53. The molecule has 78 valence electrons. The number of nitrogen functional groups attached to an aromatic ring is 1. The normalized spacial score (nSPS) is 10.2. The Labute approximate surface area is 86.1 Å². The minimum atomic E-state index is -0.183. The third-order valence-corrected chi connectivity index (χ3v) is 2.07. The van der Waals surface area contributed by atoms with Crippen molar-refractivity contribution in [1.82, 2.24) is 9.78 Å². The maximum atomic E-state index is 11.4. The fourth-order valence-corrected chi connectivity index (χ4v) is 1.34. The van der Waals surface area contributed by atoms with Gasteiger partial charge in [-0.05, 0) is 24.3 Å². The molecule has 1 aromatic heterocycles. The van der Waals surface area contributed by atoms with Crippen molar-refractivity contribution >= 4 is 5.82 Å². The highest BCUT2D eigenvalue weighted by Gasteiger charge is 2.02. The van der Waals surface area contributed by atoms with Crippen molar-refractivity contribution in [2.45, 2.75) is 0 Å². The molecule has 0 bridgehead atoms. The maximum absolute atomic E-state index is 11.4. The summed E-state index contributed by atoms with van der Waals surface area (Å²) >= 11 is 0. The van der Waals surface area contributed by atoms with Crippen LogP contribution in [0.2, 0.25) is 0 Å². The van der Waals surface area contributed by atoms with Gasteiger partial charge in [-0.2, -0.15) is 0 Å². The second-order valence-electron chi connectivity index (χ2n) is 3.08. The van der Waals surface area contributed by atoms with E-state index in [1.54, 1.807) is 31.4 Å². The highest BCUT2D eigenvalue weighted by atomic mass is 16.5. The van der Waals surface area contributed by atoms with Gasteiger partial charge in [-0.15, -0.1) is 0 Å². The predicted molar refractivity (Wildman–Crippen MR) is 57.4 cm³/mol. The van der Waals surface area contributed by atoms with Crippen molar-refractivity contribution in [3.05, 3.63) is 40.7 Å². The first-order chi connectivity index (χ1) is 7.20. The summed E-state index contributed by atoms with van der Waals surface area (Å²) in [4.78, 5) is 11.4. The van der Waals surface area contributed by atoms with Crippen molar-refractivity contribution < 1.29 is 4.74 Å². The van der Waals surface area contributed by atoms with E-state index in [2.05, 4.69) is 5.10 Å². The maximum Gasteiger partial charge on any atom is 0.273 e. The van der Waals surface area contributed by atoms with E-state index in [4.69, 9.17) is 10.5 Å². The molecule has 0 radical (unpaired) electrons. The zero-order chi connectivity index (χ0) is 10.8. The van der Waals surface area contributed by atoms with Gasteiger partial charge in [-0.3, -0.25) is 9.89 Å². The number of nitrogens with one attached hydrogen (secondary N) is 1. The second-order valence-corrected chi connectivity index (χ2v) is 3.08. The molecule has 1 heterocycles. The van der Waals surface area contributed by atoms with E-state index >= 15 is 0 Å². The molecule has 0 aliphatic rings. The monoisotopic (exact) mass is 205 g/mol. The number of hydrogen-bond acceptors (Lipinski definition) is 3. The number of anilines is 1. The molecule has 5 nitrogen and oxygen atoms in total. The molecule has 1 aromatic carbocycles. The summed E-state index contributed by atoms with van der Waals surface area (Å²) in [5.74, 6) is 1.09. The summed E-state index contributed by atoms with van der Waals surface area (Å²) in [5, 5.41) is 2.74. The number of benzene rings is 1. The van der Waals surface area contributed by atoms with Gasteiger partial charge in [0.25, 0.3) is 5.56 Å². The Hall–Kier alpha value is -2.17. The van der Waals surface area contributed by atoms with Crippen molar-refractivity contribution in [2.75, 3.05) is 12.8 Å². The van der Waals surface area contributed by atoms with Crippen LogP contribution in [0.1, 0.15) is 0 Å². The van der Waals surface area contributed by atoms with E-state index in [0.717, 1.165) is 11.4 Å². The van der Waals surface area contributed by atoms with Gasteiger partial charge >= 0.3 is 0 Å². The number of hydrogen-bond donors (Lipinski definition) is 2. The molecule has 0 atom stereocenters. The van der Waals surface area contributed by atoms with Crippen LogP contribution in [0.15, 0.2) is 35.1 Å². The lowest BCUT2D eigenvalue weighted by atomic mass is 10.3. The Morgan fingerprint density at radius 1 is 1.33 bits per heavy atom. The fourth-order valence-electron chi connectivity index (χ4n) is 1.34. The standard InChI is InChI=1S/C10H11N3O2/c1-15-8-4-2-7(3-5-8)13-10(14)6-9(11)12-13/h2-6,12H,11H2,1H3. The molecule has 2 rings (SSSR count). The number of aromatic nitrogens is 2. The summed E-state index contributed by atoms with van der Waals surface area (Å²) in [5.41, 5.74) is 6.01. The molecule has 0 aliphatic heterocycles. The van der Waals surface area contributed by atoms with Gasteiger partial charge in [0, 0.05) is 6.07 Å². The highest BCUT2D eigenvalue weighted by Crippen LogP contribution is 2.13. The molecular formula is C10H11N3O2. The van der Waals surface area contributed by atoms with Crippen LogP contribution in [-0.2, 0) is 0 Å². The average molecular weight is 205 g/mol. The average Bonchev–Trinajstić information content (AvgIpc) is 2.58. The van der Waals surface area contributed by atoms with Gasteiger partial charge in [-0.1, -0.05) is 0 Å². The molecular weight excluding hydrogens is 194 g/mol. The van der Waals surface area contributed by atoms with Gasteiger partial charge in [-0.25, -0.2) is 4.68 Å². The SMILES string of the molecule is COc1ccc(-n2[nH]c(N)cc2=O)cc1. The van der Waals surface area contributed by atoms with E-state index in [0.29, 0.717) is 5.82 Å². The van der Waals surface area contributed by atoms with Crippen LogP contribution in [0, 0.1) is 0 Å². The third kappa shape index (κ3) is 1.71. The molecule has 0 fully saturated rings. The molecule has 0 saturated carbocycles. The Kier molecular flexibility index (Phi) is 2.21. The van der Waals surface area contributed by atoms with Crippen molar-refractivity contribution in [2.24, 2.45) is 0 Å². The van der Waals surface area contributed by atoms with E-state index in [1.807, 2.05) is 0 Å². The zero-order valence-electron chi connectivity index (χ0n) is 8.23. The van der Waals surface area contributed by atoms with Crippen molar-refractivity contribution in [3.8, 4) is 11.4 Å². The van der Waals surface area contributed by atoms with Gasteiger partial charge < -0.3 is 10.5 Å². The Bertz CT molecular complexity index is 510. The number of nitrogens with two attached hydrogens (primary N) is 1. The van der Waals surface area contributed by atoms with Gasteiger partial charge in [0.2, 0.25) is 0 Å². The summed E-state index contributed by atoms with van der Waals surface area (Å²) < 4.78 is 6.39. The van der Waals surface area contributed by atoms with Crippen molar-refractivity contribution in [3.63, 3.8) is 0 Å². The largest absolute Gasteiger partial charge is 0.497 e. The number of methoxy groups -OCH3 is 1. The summed E-state index contributed by atoms with van der Waals surface area (Å²) in [7, 11) is 1.59. The number of H-pyrrole nitrogens is 1. The van der Waals surface area contributed by atoms with Crippen LogP contribution in [0.5, 0.6) is 5.75 Å². The van der Waals surface area contributed by atoms with Crippen LogP contribution in [0.25, 0.3) is 5.69 Å². The van der Waals surface area contributed by atoms with Crippen LogP contribution in [0.3, 0.4) is 0 Å². The smallest absolute Gasteiger partial charge is 0.273 e. The number of ether oxygens (including phenoxy) is 1. The Morgan fingerprint density at radius 2 is 2.00 bits per heavy atom. The van der Waals surface area contributed by atoms with Gasteiger partial charge in [0.15, 0.2) is 0 Å². The molecule has 0 spiro atoms. The number of nitrogens with zero attached hydrogens (tertiary/aromatic N) is 1. The third-order valence-electron chi connectivity index (χ3n) is 2.07. The quantitative estimate of drug-likeness (QED) is 0.760. The van der Waals surface area contributed by atoms with Crippen LogP contribution >= 0.6 is 0 Å². The van der Waals surface area contributed by atoms with E-state index in [-0.39, 0.29) is 5.56 Å². The van der Waals surface area contributed by atoms with Crippen LogP contribution in [0.4, 0.5) is 5.82 Å². The van der Waals surface area contributed by atoms with Crippen LogP contribution < -0.4 is 16.0 Å². The van der Waals surface area contributed by atoms with Gasteiger partial charge in [0.1, 0.15) is 11.6 Å². The summed E-state index contributed by atoms with van der Waals surface area (Å²) in [6.07, 6.45) is 0. The zero-order valence-corrected chi connectivity index (χ0v) is 8.23. The highest BCUT2D eigenvalue weighted by molar-refractivity contribution is 5.38. The molecule has 15 heavy (non-hydrogen) atoms. The van der Waals surface area contributed by atoms with E-state index in [1.165, 1.54) is 10.7 Å². The van der Waals surface area contributed by atoms with E-state index in [9.17, 15) is 4.79 Å². The summed E-state index contributed by atoms with van der Waals surface area (Å²) in [6.45, 7) is 0. The Morgan fingerprint density at radius 3 is 2.47 bits per heavy atom. The first kappa shape index (κ1) is 9.39. The molecule has 3 N–H and O–H groups in total. The lowest BCUT2D eigenvalue weighted by molar-refractivity contribution is 0.414.